The van der Waals surface area contributed by atoms with Crippen molar-refractivity contribution in [2.75, 3.05) is 5.32 Å². The molecule has 3 aliphatic rings. The molecule has 4 rings (SSSR count). The second-order valence-electron chi connectivity index (χ2n) is 6.06. The number of hydrogen-bond donors (Lipinski definition) is 1. The third kappa shape index (κ3) is 1.51. The van der Waals surface area contributed by atoms with Gasteiger partial charge in [0.05, 0.1) is 0 Å². The lowest BCUT2D eigenvalue weighted by Gasteiger charge is -2.25. The van der Waals surface area contributed by atoms with Gasteiger partial charge >= 0.3 is 0 Å². The van der Waals surface area contributed by atoms with E-state index >= 15 is 0 Å². The Kier molecular flexibility index (Phi) is 2.21. The van der Waals surface area contributed by atoms with E-state index in [1.54, 1.807) is 16.7 Å². The molecule has 2 aliphatic carbocycles. The molecule has 1 N–H and O–H groups in total. The number of nitrogens with one attached hydrogen (secondary N) is 1. The molecule has 1 fully saturated rings. The maximum absolute atomic E-state index is 3.79. The minimum atomic E-state index is 0.752. The molecule has 2 unspecified atom stereocenters. The first-order valence-electron chi connectivity index (χ1n) is 7.34. The summed E-state index contributed by atoms with van der Waals surface area (Å²) in [5.74, 6) is 0.825. The Bertz CT molecular complexity index is 449. The van der Waals surface area contributed by atoms with Crippen molar-refractivity contribution < 1.29 is 0 Å². The van der Waals surface area contributed by atoms with Gasteiger partial charge < -0.3 is 5.32 Å². The number of aryl methyl sites for hydroxylation is 2. The molecular formula is C16H21N. The fourth-order valence-electron chi connectivity index (χ4n) is 4.11. The van der Waals surface area contributed by atoms with Crippen LogP contribution in [0.2, 0.25) is 0 Å². The van der Waals surface area contributed by atoms with E-state index in [1.807, 2.05) is 0 Å². The van der Waals surface area contributed by atoms with E-state index in [4.69, 9.17) is 0 Å². The lowest BCUT2D eigenvalue weighted by Crippen LogP contribution is -2.23. The number of anilines is 1. The SMILES string of the molecule is c1c2c(cc3c1NC1CCCCC31)CCCC2. The molecule has 0 aromatic heterocycles. The minimum Gasteiger partial charge on any atom is -0.381 e. The molecule has 1 aromatic carbocycles. The van der Waals surface area contributed by atoms with Crippen LogP contribution in [0.25, 0.3) is 0 Å². The third-order valence-corrected chi connectivity index (χ3v) is 5.02. The molecule has 90 valence electrons. The van der Waals surface area contributed by atoms with Crippen LogP contribution in [0.1, 0.15) is 61.1 Å². The summed E-state index contributed by atoms with van der Waals surface area (Å²) in [5, 5.41) is 3.79. The predicted molar refractivity (Wildman–Crippen MR) is 71.7 cm³/mol. The quantitative estimate of drug-likeness (QED) is 0.706. The van der Waals surface area contributed by atoms with Crippen LogP contribution < -0.4 is 5.32 Å². The zero-order chi connectivity index (χ0) is 11.2. The van der Waals surface area contributed by atoms with E-state index in [-0.39, 0.29) is 0 Å². The van der Waals surface area contributed by atoms with Gasteiger partial charge in [0.25, 0.3) is 0 Å². The van der Waals surface area contributed by atoms with Gasteiger partial charge in [0.2, 0.25) is 0 Å². The number of benzene rings is 1. The van der Waals surface area contributed by atoms with Crippen molar-refractivity contribution in [3.8, 4) is 0 Å². The van der Waals surface area contributed by atoms with E-state index in [1.165, 1.54) is 57.1 Å². The summed E-state index contributed by atoms with van der Waals surface area (Å²) in [5.41, 5.74) is 6.40. The zero-order valence-corrected chi connectivity index (χ0v) is 10.5. The van der Waals surface area contributed by atoms with Crippen molar-refractivity contribution in [2.45, 2.75) is 63.3 Å². The summed E-state index contributed by atoms with van der Waals surface area (Å²) >= 11 is 0. The summed E-state index contributed by atoms with van der Waals surface area (Å²) in [6, 6.07) is 5.78. The van der Waals surface area contributed by atoms with Crippen LogP contribution in [-0.2, 0) is 12.8 Å². The highest BCUT2D eigenvalue weighted by Gasteiger charge is 2.34. The zero-order valence-electron chi connectivity index (χ0n) is 10.5. The molecule has 1 nitrogen and oxygen atoms in total. The third-order valence-electron chi connectivity index (χ3n) is 5.02. The van der Waals surface area contributed by atoms with Gasteiger partial charge in [-0.15, -0.1) is 0 Å². The Morgan fingerprint density at radius 2 is 1.65 bits per heavy atom. The molecule has 1 aromatic rings. The second kappa shape index (κ2) is 3.76. The highest BCUT2D eigenvalue weighted by molar-refractivity contribution is 5.63. The second-order valence-corrected chi connectivity index (χ2v) is 6.06. The van der Waals surface area contributed by atoms with Crippen molar-refractivity contribution >= 4 is 5.69 Å². The van der Waals surface area contributed by atoms with Gasteiger partial charge in [-0.2, -0.15) is 0 Å². The van der Waals surface area contributed by atoms with E-state index in [0.29, 0.717) is 0 Å². The molecule has 0 radical (unpaired) electrons. The summed E-state index contributed by atoms with van der Waals surface area (Å²) in [7, 11) is 0. The number of hydrogen-bond acceptors (Lipinski definition) is 1. The van der Waals surface area contributed by atoms with Gasteiger partial charge in [-0.25, -0.2) is 0 Å². The Labute approximate surface area is 104 Å². The van der Waals surface area contributed by atoms with Gasteiger partial charge in [0.15, 0.2) is 0 Å². The minimum absolute atomic E-state index is 0.752. The Morgan fingerprint density at radius 3 is 2.53 bits per heavy atom. The Hall–Kier alpha value is -0.980. The Morgan fingerprint density at radius 1 is 0.882 bits per heavy atom. The van der Waals surface area contributed by atoms with Crippen molar-refractivity contribution in [3.63, 3.8) is 0 Å². The van der Waals surface area contributed by atoms with Crippen molar-refractivity contribution in [1.29, 1.82) is 0 Å². The largest absolute Gasteiger partial charge is 0.381 e. The molecule has 1 heterocycles. The van der Waals surface area contributed by atoms with Crippen LogP contribution in [0.4, 0.5) is 5.69 Å². The van der Waals surface area contributed by atoms with Crippen LogP contribution in [0, 0.1) is 0 Å². The average molecular weight is 227 g/mol. The summed E-state index contributed by atoms with van der Waals surface area (Å²) in [6.07, 6.45) is 11.0. The summed E-state index contributed by atoms with van der Waals surface area (Å²) in [4.78, 5) is 0. The molecule has 1 heteroatoms. The first kappa shape index (κ1) is 9.99. The maximum atomic E-state index is 3.79. The average Bonchev–Trinajstić information content (AvgIpc) is 2.73. The van der Waals surface area contributed by atoms with Crippen LogP contribution in [0.15, 0.2) is 12.1 Å². The summed E-state index contributed by atoms with van der Waals surface area (Å²) in [6.45, 7) is 0. The van der Waals surface area contributed by atoms with Gasteiger partial charge in [0, 0.05) is 17.6 Å². The lowest BCUT2D eigenvalue weighted by molar-refractivity contribution is 0.422. The molecular weight excluding hydrogens is 206 g/mol. The monoisotopic (exact) mass is 227 g/mol. The number of fused-ring (bicyclic) bond motifs is 4. The molecule has 1 aliphatic heterocycles. The normalized spacial score (nSPS) is 30.1. The van der Waals surface area contributed by atoms with Crippen LogP contribution in [0.5, 0.6) is 0 Å². The molecule has 0 spiro atoms. The van der Waals surface area contributed by atoms with Crippen molar-refractivity contribution in [1.82, 2.24) is 0 Å². The van der Waals surface area contributed by atoms with Gasteiger partial charge in [-0.3, -0.25) is 0 Å². The molecule has 0 bridgehead atoms. The standard InChI is InChI=1S/C16H21N/c1-2-6-12-10-16-14(9-11(12)5-1)13-7-3-4-8-15(13)17-16/h9-10,13,15,17H,1-8H2. The number of rotatable bonds is 0. The van der Waals surface area contributed by atoms with Gasteiger partial charge in [0.1, 0.15) is 0 Å². The topological polar surface area (TPSA) is 12.0 Å². The van der Waals surface area contributed by atoms with E-state index < -0.39 is 0 Å². The smallest absolute Gasteiger partial charge is 0.0381 e. The first-order valence-corrected chi connectivity index (χ1v) is 7.34. The molecule has 2 atom stereocenters. The maximum Gasteiger partial charge on any atom is 0.0381 e. The summed E-state index contributed by atoms with van der Waals surface area (Å²) < 4.78 is 0. The first-order chi connectivity index (χ1) is 8.42. The van der Waals surface area contributed by atoms with E-state index in [9.17, 15) is 0 Å². The molecule has 1 saturated carbocycles. The van der Waals surface area contributed by atoms with E-state index in [0.717, 1.165) is 12.0 Å². The molecule has 0 saturated heterocycles. The van der Waals surface area contributed by atoms with Gasteiger partial charge in [-0.05, 0) is 61.3 Å². The van der Waals surface area contributed by atoms with Crippen LogP contribution in [-0.4, -0.2) is 6.04 Å². The van der Waals surface area contributed by atoms with Crippen LogP contribution in [0.3, 0.4) is 0 Å². The highest BCUT2D eigenvalue weighted by atomic mass is 15.0. The van der Waals surface area contributed by atoms with E-state index in [2.05, 4.69) is 17.4 Å². The fraction of sp³-hybridized carbons (Fsp3) is 0.625. The predicted octanol–water partition coefficient (Wildman–Crippen LogP) is 4.02. The van der Waals surface area contributed by atoms with Gasteiger partial charge in [-0.1, -0.05) is 18.9 Å². The lowest BCUT2D eigenvalue weighted by atomic mass is 9.81. The van der Waals surface area contributed by atoms with Crippen molar-refractivity contribution in [2.24, 2.45) is 0 Å². The Balaban J connectivity index is 1.77. The molecule has 0 amide bonds. The fourth-order valence-corrected chi connectivity index (χ4v) is 4.11. The highest BCUT2D eigenvalue weighted by Crippen LogP contribution is 2.45. The van der Waals surface area contributed by atoms with Crippen LogP contribution >= 0.6 is 0 Å². The molecule has 17 heavy (non-hydrogen) atoms. The van der Waals surface area contributed by atoms with Crippen molar-refractivity contribution in [3.05, 3.63) is 28.8 Å².